The number of benzene rings is 1. The quantitative estimate of drug-likeness (QED) is 0.872. The second-order valence-corrected chi connectivity index (χ2v) is 6.88. The molecule has 1 aromatic heterocycles. The predicted molar refractivity (Wildman–Crippen MR) is 88.4 cm³/mol. The molecule has 0 radical (unpaired) electrons. The van der Waals surface area contributed by atoms with E-state index in [9.17, 15) is 0 Å². The first kappa shape index (κ1) is 12.9. The molecule has 1 aromatic carbocycles. The van der Waals surface area contributed by atoms with Gasteiger partial charge in [0.25, 0.3) is 0 Å². The van der Waals surface area contributed by atoms with Gasteiger partial charge in [0.1, 0.15) is 0 Å². The van der Waals surface area contributed by atoms with Gasteiger partial charge in [0.2, 0.25) is 0 Å². The van der Waals surface area contributed by atoms with Crippen molar-refractivity contribution in [1.82, 2.24) is 4.98 Å². The van der Waals surface area contributed by atoms with Gasteiger partial charge in [-0.1, -0.05) is 6.42 Å². The van der Waals surface area contributed by atoms with Crippen LogP contribution >= 0.6 is 0 Å². The number of nitrogens with zero attached hydrogens (tertiary/aromatic N) is 2. The summed E-state index contributed by atoms with van der Waals surface area (Å²) in [6, 6.07) is 8.22. The number of hydrogen-bond acceptors (Lipinski definition) is 3. The highest BCUT2D eigenvalue weighted by Gasteiger charge is 2.39. The fourth-order valence-corrected chi connectivity index (χ4v) is 4.55. The van der Waals surface area contributed by atoms with Crippen molar-refractivity contribution in [2.45, 2.75) is 25.7 Å². The molecule has 0 spiro atoms. The van der Waals surface area contributed by atoms with Crippen LogP contribution in [-0.2, 0) is 0 Å². The van der Waals surface area contributed by atoms with E-state index < -0.39 is 0 Å². The number of hydrogen-bond donors (Lipinski definition) is 1. The maximum Gasteiger partial charge on any atom is 0.0724 e. The highest BCUT2D eigenvalue weighted by molar-refractivity contribution is 5.97. The molecule has 2 N–H and O–H groups in total. The molecule has 0 saturated heterocycles. The SMILES string of the molecule is CN(CC1CC2CCC1C2)c1ccc2ncccc2c1N. The number of rotatable bonds is 3. The van der Waals surface area contributed by atoms with Crippen LogP contribution in [0.15, 0.2) is 30.5 Å². The molecule has 2 aliphatic rings. The van der Waals surface area contributed by atoms with Crippen LogP contribution in [0, 0.1) is 17.8 Å². The van der Waals surface area contributed by atoms with Crippen LogP contribution in [0.3, 0.4) is 0 Å². The van der Waals surface area contributed by atoms with Crippen molar-refractivity contribution >= 4 is 22.3 Å². The topological polar surface area (TPSA) is 42.2 Å². The van der Waals surface area contributed by atoms with E-state index in [1.807, 2.05) is 12.3 Å². The van der Waals surface area contributed by atoms with Gasteiger partial charge < -0.3 is 10.6 Å². The summed E-state index contributed by atoms with van der Waals surface area (Å²) in [5, 5.41) is 1.06. The Morgan fingerprint density at radius 2 is 2.14 bits per heavy atom. The van der Waals surface area contributed by atoms with E-state index in [1.165, 1.54) is 25.7 Å². The van der Waals surface area contributed by atoms with Crippen LogP contribution < -0.4 is 10.6 Å². The van der Waals surface area contributed by atoms with E-state index in [4.69, 9.17) is 5.73 Å². The summed E-state index contributed by atoms with van der Waals surface area (Å²) >= 11 is 0. The van der Waals surface area contributed by atoms with E-state index >= 15 is 0 Å². The van der Waals surface area contributed by atoms with Crippen molar-refractivity contribution in [3.05, 3.63) is 30.5 Å². The first-order valence-electron chi connectivity index (χ1n) is 8.06. The van der Waals surface area contributed by atoms with Gasteiger partial charge >= 0.3 is 0 Å². The molecular formula is C18H23N3. The summed E-state index contributed by atoms with van der Waals surface area (Å²) in [5.41, 5.74) is 9.39. The van der Waals surface area contributed by atoms with Crippen molar-refractivity contribution < 1.29 is 0 Å². The lowest BCUT2D eigenvalue weighted by molar-refractivity contribution is 0.337. The van der Waals surface area contributed by atoms with E-state index in [-0.39, 0.29) is 0 Å². The molecule has 2 bridgehead atoms. The molecule has 2 aliphatic carbocycles. The predicted octanol–water partition coefficient (Wildman–Crippen LogP) is 3.69. The minimum atomic E-state index is 0.859. The molecule has 3 unspecified atom stereocenters. The summed E-state index contributed by atoms with van der Waals surface area (Å²) in [7, 11) is 2.18. The number of nitrogen functional groups attached to an aromatic ring is 1. The molecule has 110 valence electrons. The van der Waals surface area contributed by atoms with Gasteiger partial charge in [-0.2, -0.15) is 0 Å². The second-order valence-electron chi connectivity index (χ2n) is 6.88. The van der Waals surface area contributed by atoms with Crippen LogP contribution in [0.5, 0.6) is 0 Å². The Kier molecular flexibility index (Phi) is 3.02. The first-order chi connectivity index (χ1) is 10.2. The molecule has 0 aliphatic heterocycles. The van der Waals surface area contributed by atoms with Crippen LogP contribution in [0.4, 0.5) is 11.4 Å². The highest BCUT2D eigenvalue weighted by Crippen LogP contribution is 2.48. The van der Waals surface area contributed by atoms with E-state index in [2.05, 4.69) is 35.1 Å². The molecule has 2 saturated carbocycles. The Morgan fingerprint density at radius 3 is 2.90 bits per heavy atom. The van der Waals surface area contributed by atoms with Crippen molar-refractivity contribution in [3.8, 4) is 0 Å². The summed E-state index contributed by atoms with van der Waals surface area (Å²) in [5.74, 6) is 2.82. The fraction of sp³-hybridized carbons (Fsp3) is 0.500. The summed E-state index contributed by atoms with van der Waals surface area (Å²) < 4.78 is 0. The third kappa shape index (κ3) is 2.15. The Labute approximate surface area is 126 Å². The zero-order valence-electron chi connectivity index (χ0n) is 12.6. The smallest absolute Gasteiger partial charge is 0.0724 e. The Hall–Kier alpha value is -1.77. The zero-order valence-corrected chi connectivity index (χ0v) is 12.6. The van der Waals surface area contributed by atoms with Gasteiger partial charge in [-0.05, 0) is 61.3 Å². The van der Waals surface area contributed by atoms with Gasteiger partial charge in [-0.15, -0.1) is 0 Å². The van der Waals surface area contributed by atoms with Gasteiger partial charge in [-0.3, -0.25) is 4.98 Å². The molecular weight excluding hydrogens is 258 g/mol. The van der Waals surface area contributed by atoms with E-state index in [0.717, 1.165) is 46.6 Å². The lowest BCUT2D eigenvalue weighted by Crippen LogP contribution is -2.29. The van der Waals surface area contributed by atoms with Crippen molar-refractivity contribution in [1.29, 1.82) is 0 Å². The average Bonchev–Trinajstić information content (AvgIpc) is 3.10. The van der Waals surface area contributed by atoms with Crippen molar-refractivity contribution in [2.75, 3.05) is 24.2 Å². The minimum Gasteiger partial charge on any atom is -0.396 e. The average molecular weight is 281 g/mol. The maximum atomic E-state index is 6.39. The van der Waals surface area contributed by atoms with Crippen LogP contribution in [0.25, 0.3) is 10.9 Å². The number of anilines is 2. The summed E-state index contributed by atoms with van der Waals surface area (Å²) in [6.07, 6.45) is 7.62. The van der Waals surface area contributed by atoms with Gasteiger partial charge in [-0.25, -0.2) is 0 Å². The molecule has 3 atom stereocenters. The molecule has 0 amide bonds. The second kappa shape index (κ2) is 4.90. The molecule has 2 fully saturated rings. The van der Waals surface area contributed by atoms with Crippen LogP contribution in [-0.4, -0.2) is 18.6 Å². The van der Waals surface area contributed by atoms with Gasteiger partial charge in [0.15, 0.2) is 0 Å². The number of nitrogens with two attached hydrogens (primary N) is 1. The van der Waals surface area contributed by atoms with Gasteiger partial charge in [0, 0.05) is 25.2 Å². The number of fused-ring (bicyclic) bond motifs is 3. The maximum absolute atomic E-state index is 6.39. The lowest BCUT2D eigenvalue weighted by Gasteiger charge is -2.29. The van der Waals surface area contributed by atoms with Crippen molar-refractivity contribution in [2.24, 2.45) is 17.8 Å². The monoisotopic (exact) mass is 281 g/mol. The van der Waals surface area contributed by atoms with E-state index in [1.54, 1.807) is 0 Å². The van der Waals surface area contributed by atoms with Gasteiger partial charge in [0.05, 0.1) is 16.9 Å². The molecule has 3 heteroatoms. The van der Waals surface area contributed by atoms with Crippen molar-refractivity contribution in [3.63, 3.8) is 0 Å². The van der Waals surface area contributed by atoms with Crippen LogP contribution in [0.2, 0.25) is 0 Å². The largest absolute Gasteiger partial charge is 0.396 e. The third-order valence-electron chi connectivity index (χ3n) is 5.61. The molecule has 2 aromatic rings. The highest BCUT2D eigenvalue weighted by atomic mass is 15.1. The Balaban J connectivity index is 1.59. The third-order valence-corrected chi connectivity index (χ3v) is 5.61. The molecule has 4 rings (SSSR count). The van der Waals surface area contributed by atoms with Crippen LogP contribution in [0.1, 0.15) is 25.7 Å². The standard InChI is InChI=1S/C18H23N3/c1-21(11-14-10-12-4-5-13(14)9-12)17-7-6-16-15(18(17)19)3-2-8-20-16/h2-3,6-8,12-14H,4-5,9-11,19H2,1H3. The molecule has 1 heterocycles. The Bertz CT molecular complexity index is 667. The summed E-state index contributed by atoms with van der Waals surface area (Å²) in [6.45, 7) is 1.14. The van der Waals surface area contributed by atoms with E-state index in [0.29, 0.717) is 0 Å². The summed E-state index contributed by atoms with van der Waals surface area (Å²) in [4.78, 5) is 6.73. The minimum absolute atomic E-state index is 0.859. The first-order valence-corrected chi connectivity index (χ1v) is 8.06. The zero-order chi connectivity index (χ0) is 14.4. The number of pyridine rings is 1. The molecule has 21 heavy (non-hydrogen) atoms. The molecule has 3 nitrogen and oxygen atoms in total. The number of aromatic nitrogens is 1. The fourth-order valence-electron chi connectivity index (χ4n) is 4.55. The lowest BCUT2D eigenvalue weighted by atomic mass is 9.88. The Morgan fingerprint density at radius 1 is 1.24 bits per heavy atom. The normalized spacial score (nSPS) is 27.4.